The lowest BCUT2D eigenvalue weighted by atomic mass is 10.1. The number of carbonyl (C=O) groups is 2. The van der Waals surface area contributed by atoms with Crippen LogP contribution in [-0.4, -0.2) is 54.0 Å². The Bertz CT molecular complexity index is 1060. The number of phenolic OH excluding ortho intramolecular Hbond substituents is 1. The predicted molar refractivity (Wildman–Crippen MR) is 132 cm³/mol. The van der Waals surface area contributed by atoms with Gasteiger partial charge in [-0.05, 0) is 54.5 Å². The van der Waals surface area contributed by atoms with Gasteiger partial charge in [0.1, 0.15) is 10.1 Å². The number of nitrogens with zero attached hydrogens (tertiary/aromatic N) is 1. The molecule has 1 saturated heterocycles. The SMILES string of the molecule is COc1ccc(NC(=O)CCCN2C(=O)/C(=C/c3cc(OC)c(O)c(OC)c3)SC2=S)cc1. The number of thiocarbonyl (C=S) groups is 1. The minimum absolute atomic E-state index is 0.113. The minimum atomic E-state index is -0.230. The van der Waals surface area contributed by atoms with Crippen molar-refractivity contribution in [3.63, 3.8) is 0 Å². The summed E-state index contributed by atoms with van der Waals surface area (Å²) in [5.74, 6) is 0.686. The first-order chi connectivity index (χ1) is 15.9. The highest BCUT2D eigenvalue weighted by atomic mass is 32.2. The van der Waals surface area contributed by atoms with Crippen LogP contribution in [0.2, 0.25) is 0 Å². The van der Waals surface area contributed by atoms with E-state index < -0.39 is 0 Å². The molecule has 1 aliphatic rings. The number of benzene rings is 2. The van der Waals surface area contributed by atoms with E-state index in [0.717, 1.165) is 0 Å². The summed E-state index contributed by atoms with van der Waals surface area (Å²) < 4.78 is 15.8. The molecule has 174 valence electrons. The van der Waals surface area contributed by atoms with Crippen LogP contribution >= 0.6 is 24.0 Å². The lowest BCUT2D eigenvalue weighted by molar-refractivity contribution is -0.122. The first kappa shape index (κ1) is 24.4. The van der Waals surface area contributed by atoms with Gasteiger partial charge in [0.2, 0.25) is 11.7 Å². The second kappa shape index (κ2) is 11.1. The summed E-state index contributed by atoms with van der Waals surface area (Å²) in [4.78, 5) is 27.0. The van der Waals surface area contributed by atoms with Gasteiger partial charge in [-0.15, -0.1) is 0 Å². The molecular weight excluding hydrogens is 464 g/mol. The van der Waals surface area contributed by atoms with Crippen LogP contribution in [0.25, 0.3) is 6.08 Å². The van der Waals surface area contributed by atoms with Crippen LogP contribution in [0, 0.1) is 0 Å². The van der Waals surface area contributed by atoms with E-state index in [1.807, 2.05) is 0 Å². The van der Waals surface area contributed by atoms with Gasteiger partial charge in [-0.25, -0.2) is 0 Å². The van der Waals surface area contributed by atoms with Crippen LogP contribution in [-0.2, 0) is 9.59 Å². The molecule has 3 rings (SSSR count). The maximum atomic E-state index is 12.8. The molecule has 0 unspecified atom stereocenters. The molecule has 2 aromatic carbocycles. The van der Waals surface area contributed by atoms with E-state index in [9.17, 15) is 14.7 Å². The Morgan fingerprint density at radius 3 is 2.33 bits per heavy atom. The summed E-state index contributed by atoms with van der Waals surface area (Å²) in [6.07, 6.45) is 2.37. The summed E-state index contributed by atoms with van der Waals surface area (Å²) in [5.41, 5.74) is 1.30. The van der Waals surface area contributed by atoms with E-state index in [1.54, 1.807) is 49.6 Å². The van der Waals surface area contributed by atoms with Crippen molar-refractivity contribution in [1.29, 1.82) is 0 Å². The van der Waals surface area contributed by atoms with Crippen molar-refractivity contribution >= 4 is 51.9 Å². The van der Waals surface area contributed by atoms with Gasteiger partial charge in [-0.2, -0.15) is 0 Å². The molecule has 0 aromatic heterocycles. The van der Waals surface area contributed by atoms with Crippen LogP contribution in [0.1, 0.15) is 18.4 Å². The molecule has 0 radical (unpaired) electrons. The van der Waals surface area contributed by atoms with Crippen molar-refractivity contribution in [1.82, 2.24) is 4.90 Å². The van der Waals surface area contributed by atoms with E-state index in [1.165, 1.54) is 30.9 Å². The number of thioether (sulfide) groups is 1. The van der Waals surface area contributed by atoms with Crippen molar-refractivity contribution in [2.75, 3.05) is 33.2 Å². The van der Waals surface area contributed by atoms with Gasteiger partial charge >= 0.3 is 0 Å². The van der Waals surface area contributed by atoms with Gasteiger partial charge in [-0.1, -0.05) is 24.0 Å². The van der Waals surface area contributed by atoms with Gasteiger partial charge in [0, 0.05) is 18.7 Å². The third-order valence-corrected chi connectivity index (χ3v) is 6.21. The van der Waals surface area contributed by atoms with Crippen LogP contribution in [0.15, 0.2) is 41.3 Å². The van der Waals surface area contributed by atoms with Crippen molar-refractivity contribution in [2.24, 2.45) is 0 Å². The first-order valence-corrected chi connectivity index (χ1v) is 11.2. The number of hydrogen-bond acceptors (Lipinski definition) is 8. The van der Waals surface area contributed by atoms with E-state index in [2.05, 4.69) is 5.32 Å². The molecular formula is C23H24N2O6S2. The molecule has 33 heavy (non-hydrogen) atoms. The average molecular weight is 489 g/mol. The minimum Gasteiger partial charge on any atom is -0.502 e. The zero-order valence-corrected chi connectivity index (χ0v) is 20.0. The maximum absolute atomic E-state index is 12.8. The highest BCUT2D eigenvalue weighted by Gasteiger charge is 2.31. The van der Waals surface area contributed by atoms with Crippen LogP contribution < -0.4 is 19.5 Å². The molecule has 2 amide bonds. The molecule has 0 atom stereocenters. The van der Waals surface area contributed by atoms with Crippen molar-refractivity contribution in [3.8, 4) is 23.0 Å². The second-order valence-corrected chi connectivity index (χ2v) is 8.66. The first-order valence-electron chi connectivity index (χ1n) is 10.0. The number of ether oxygens (including phenoxy) is 3. The van der Waals surface area contributed by atoms with Crippen LogP contribution in [0.5, 0.6) is 23.0 Å². The molecule has 0 saturated carbocycles. The van der Waals surface area contributed by atoms with E-state index in [0.29, 0.717) is 39.2 Å². The van der Waals surface area contributed by atoms with Gasteiger partial charge in [0.25, 0.3) is 5.91 Å². The van der Waals surface area contributed by atoms with E-state index in [4.69, 9.17) is 26.4 Å². The third-order valence-electron chi connectivity index (χ3n) is 4.83. The van der Waals surface area contributed by atoms with Crippen molar-refractivity contribution < 1.29 is 28.9 Å². The molecule has 10 heteroatoms. The maximum Gasteiger partial charge on any atom is 0.266 e. The molecule has 1 fully saturated rings. The Hall–Kier alpha value is -3.24. The number of anilines is 1. The number of methoxy groups -OCH3 is 3. The standard InChI is InChI=1S/C23H24N2O6S2/c1-29-16-8-6-15(7-9-16)24-20(26)5-4-10-25-22(28)19(33-23(25)32)13-14-11-17(30-2)21(27)18(12-14)31-3/h6-9,11-13,27H,4-5,10H2,1-3H3,(H,24,26)/b19-13-. The molecule has 1 aliphatic heterocycles. The normalized spacial score (nSPS) is 14.5. The molecule has 2 aromatic rings. The molecule has 2 N–H and O–H groups in total. The average Bonchev–Trinajstić information content (AvgIpc) is 3.07. The van der Waals surface area contributed by atoms with E-state index >= 15 is 0 Å². The largest absolute Gasteiger partial charge is 0.502 e. The van der Waals surface area contributed by atoms with Crippen molar-refractivity contribution in [3.05, 3.63) is 46.9 Å². The fourth-order valence-corrected chi connectivity index (χ4v) is 4.45. The molecule has 0 aliphatic carbocycles. The third kappa shape index (κ3) is 5.96. The summed E-state index contributed by atoms with van der Waals surface area (Å²) >= 11 is 6.55. The number of nitrogens with one attached hydrogen (secondary N) is 1. The smallest absolute Gasteiger partial charge is 0.266 e. The number of aromatic hydroxyl groups is 1. The zero-order valence-electron chi connectivity index (χ0n) is 18.4. The lowest BCUT2D eigenvalue weighted by Crippen LogP contribution is -2.29. The zero-order chi connectivity index (χ0) is 24.0. The second-order valence-electron chi connectivity index (χ2n) is 6.99. The molecule has 0 spiro atoms. The summed E-state index contributed by atoms with van der Waals surface area (Å²) in [6.45, 7) is 0.334. The van der Waals surface area contributed by atoms with Crippen LogP contribution in [0.3, 0.4) is 0 Å². The number of rotatable bonds is 9. The highest BCUT2D eigenvalue weighted by molar-refractivity contribution is 8.26. The van der Waals surface area contributed by atoms with Crippen LogP contribution in [0.4, 0.5) is 5.69 Å². The summed E-state index contributed by atoms with van der Waals surface area (Å²) in [5, 5.41) is 12.9. The number of phenols is 1. The topological polar surface area (TPSA) is 97.3 Å². The predicted octanol–water partition coefficient (Wildman–Crippen LogP) is 4.04. The molecule has 0 bridgehead atoms. The highest BCUT2D eigenvalue weighted by Crippen LogP contribution is 2.39. The molecule has 8 nitrogen and oxygen atoms in total. The van der Waals surface area contributed by atoms with Gasteiger partial charge in [0.05, 0.1) is 26.2 Å². The number of carbonyl (C=O) groups excluding carboxylic acids is 2. The quantitative estimate of drug-likeness (QED) is 0.403. The van der Waals surface area contributed by atoms with Crippen molar-refractivity contribution in [2.45, 2.75) is 12.8 Å². The van der Waals surface area contributed by atoms with Gasteiger partial charge in [0.15, 0.2) is 11.5 Å². The Morgan fingerprint density at radius 1 is 1.12 bits per heavy atom. The fraction of sp³-hybridized carbons (Fsp3) is 0.261. The fourth-order valence-electron chi connectivity index (χ4n) is 3.14. The number of amides is 2. The Balaban J connectivity index is 1.59. The van der Waals surface area contributed by atoms with Gasteiger partial charge in [-0.3, -0.25) is 14.5 Å². The Labute approximate surface area is 201 Å². The summed E-state index contributed by atoms with van der Waals surface area (Å²) in [6, 6.07) is 10.3. The van der Waals surface area contributed by atoms with Gasteiger partial charge < -0.3 is 24.6 Å². The Morgan fingerprint density at radius 2 is 1.76 bits per heavy atom. The summed E-state index contributed by atoms with van der Waals surface area (Å²) in [7, 11) is 4.44. The molecule has 1 heterocycles. The number of hydrogen-bond donors (Lipinski definition) is 2. The van der Waals surface area contributed by atoms with E-state index in [-0.39, 0.29) is 35.5 Å². The Kier molecular flexibility index (Phi) is 8.18. The lowest BCUT2D eigenvalue weighted by Gasteiger charge is -2.14. The monoisotopic (exact) mass is 488 g/mol.